The summed E-state index contributed by atoms with van der Waals surface area (Å²) in [6.07, 6.45) is -0.445. The van der Waals surface area contributed by atoms with Gasteiger partial charge in [-0.1, -0.05) is 25.6 Å². The lowest BCUT2D eigenvalue weighted by molar-refractivity contribution is -0.165. The molecule has 0 radical (unpaired) electrons. The van der Waals surface area contributed by atoms with E-state index in [9.17, 15) is 9.59 Å². The molecule has 0 amide bonds. The van der Waals surface area contributed by atoms with Crippen LogP contribution in [-0.4, -0.2) is 51.1 Å². The van der Waals surface area contributed by atoms with E-state index in [1.165, 1.54) is 11.8 Å². The molecule has 1 atom stereocenters. The highest BCUT2D eigenvalue weighted by molar-refractivity contribution is 7.99. The van der Waals surface area contributed by atoms with Crippen LogP contribution in [0.2, 0.25) is 0 Å². The Hall–Kier alpha value is -1.64. The highest BCUT2D eigenvalue weighted by Crippen LogP contribution is 2.15. The molecule has 112 valence electrons. The maximum absolute atomic E-state index is 11.7. The van der Waals surface area contributed by atoms with Gasteiger partial charge < -0.3 is 9.47 Å². The molecule has 0 saturated heterocycles. The summed E-state index contributed by atoms with van der Waals surface area (Å²) in [5.74, 6) is -0.811. The number of ether oxygens (including phenoxy) is 2. The standard InChI is InChI=1S/C11H18N4O4S/c1-7(2)5-8(10(17)18-4)19-9(16)6-20-11-12-13-14-15(11)3/h7-8H,5-6H2,1-4H3. The number of nitrogens with zero attached hydrogens (tertiary/aromatic N) is 4. The van der Waals surface area contributed by atoms with E-state index in [-0.39, 0.29) is 11.7 Å². The Morgan fingerprint density at radius 1 is 1.40 bits per heavy atom. The van der Waals surface area contributed by atoms with Crippen LogP contribution in [0.15, 0.2) is 5.16 Å². The first-order chi connectivity index (χ1) is 9.43. The Balaban J connectivity index is 2.49. The van der Waals surface area contributed by atoms with Gasteiger partial charge in [0.05, 0.1) is 12.9 Å². The molecule has 0 N–H and O–H groups in total. The number of methoxy groups -OCH3 is 1. The zero-order valence-corrected chi connectivity index (χ0v) is 12.7. The molecule has 20 heavy (non-hydrogen) atoms. The fourth-order valence-electron chi connectivity index (χ4n) is 1.41. The van der Waals surface area contributed by atoms with E-state index in [1.54, 1.807) is 7.05 Å². The summed E-state index contributed by atoms with van der Waals surface area (Å²) >= 11 is 1.14. The molecule has 1 aromatic rings. The minimum Gasteiger partial charge on any atom is -0.466 e. The third kappa shape index (κ3) is 5.16. The van der Waals surface area contributed by atoms with E-state index >= 15 is 0 Å². The molecule has 1 rings (SSSR count). The number of rotatable bonds is 7. The van der Waals surface area contributed by atoms with Gasteiger partial charge >= 0.3 is 11.9 Å². The van der Waals surface area contributed by atoms with Gasteiger partial charge in [0.2, 0.25) is 5.16 Å². The normalized spacial score (nSPS) is 12.2. The minimum absolute atomic E-state index is 0.0276. The van der Waals surface area contributed by atoms with Gasteiger partial charge in [-0.15, -0.1) is 5.10 Å². The van der Waals surface area contributed by atoms with Crippen LogP contribution in [0.1, 0.15) is 20.3 Å². The van der Waals surface area contributed by atoms with E-state index in [0.29, 0.717) is 11.6 Å². The van der Waals surface area contributed by atoms with Crippen LogP contribution >= 0.6 is 11.8 Å². The zero-order chi connectivity index (χ0) is 15.1. The van der Waals surface area contributed by atoms with Crippen LogP contribution in [0.25, 0.3) is 0 Å². The molecular weight excluding hydrogens is 284 g/mol. The van der Waals surface area contributed by atoms with Crippen LogP contribution in [0.5, 0.6) is 0 Å². The molecule has 0 saturated carbocycles. The lowest BCUT2D eigenvalue weighted by Crippen LogP contribution is -2.30. The largest absolute Gasteiger partial charge is 0.466 e. The first kappa shape index (κ1) is 16.4. The minimum atomic E-state index is -0.870. The number of hydrogen-bond donors (Lipinski definition) is 0. The molecule has 0 aliphatic carbocycles. The molecule has 9 heteroatoms. The van der Waals surface area contributed by atoms with E-state index in [1.807, 2.05) is 13.8 Å². The monoisotopic (exact) mass is 302 g/mol. The molecule has 1 aromatic heterocycles. The maximum Gasteiger partial charge on any atom is 0.347 e. The molecule has 0 fully saturated rings. The summed E-state index contributed by atoms with van der Waals surface area (Å²) in [7, 11) is 2.94. The molecule has 0 aromatic carbocycles. The second-order valence-electron chi connectivity index (χ2n) is 4.50. The molecule has 0 aliphatic heterocycles. The fourth-order valence-corrected chi connectivity index (χ4v) is 2.04. The Labute approximate surface area is 121 Å². The quantitative estimate of drug-likeness (QED) is 0.528. The van der Waals surface area contributed by atoms with Crippen LogP contribution < -0.4 is 0 Å². The topological polar surface area (TPSA) is 96.2 Å². The average Bonchev–Trinajstić information content (AvgIpc) is 2.79. The van der Waals surface area contributed by atoms with Crippen molar-refractivity contribution in [1.29, 1.82) is 0 Å². The van der Waals surface area contributed by atoms with Gasteiger partial charge in [-0.25, -0.2) is 9.48 Å². The van der Waals surface area contributed by atoms with Crippen molar-refractivity contribution in [3.05, 3.63) is 0 Å². The molecule has 0 aliphatic rings. The SMILES string of the molecule is COC(=O)C(CC(C)C)OC(=O)CSc1nnnn1C. The third-order valence-electron chi connectivity index (χ3n) is 2.32. The van der Waals surface area contributed by atoms with E-state index in [2.05, 4.69) is 20.3 Å². The lowest BCUT2D eigenvalue weighted by Gasteiger charge is -2.17. The number of thioether (sulfide) groups is 1. The molecule has 0 bridgehead atoms. The zero-order valence-electron chi connectivity index (χ0n) is 11.9. The van der Waals surface area contributed by atoms with Crippen molar-refractivity contribution in [3.63, 3.8) is 0 Å². The molecule has 8 nitrogen and oxygen atoms in total. The van der Waals surface area contributed by atoms with Gasteiger partial charge in [-0.05, 0) is 22.8 Å². The second kappa shape index (κ2) is 7.83. The molecule has 0 spiro atoms. The van der Waals surface area contributed by atoms with E-state index < -0.39 is 18.0 Å². The first-order valence-electron chi connectivity index (χ1n) is 6.06. The van der Waals surface area contributed by atoms with Crippen LogP contribution in [0, 0.1) is 5.92 Å². The summed E-state index contributed by atoms with van der Waals surface area (Å²) in [6, 6.07) is 0. The van der Waals surface area contributed by atoms with Gasteiger partial charge in [0.25, 0.3) is 0 Å². The summed E-state index contributed by atoms with van der Waals surface area (Å²) < 4.78 is 11.2. The number of carbonyl (C=O) groups is 2. The Kier molecular flexibility index (Phi) is 6.43. The second-order valence-corrected chi connectivity index (χ2v) is 5.45. The predicted molar refractivity (Wildman–Crippen MR) is 70.9 cm³/mol. The van der Waals surface area contributed by atoms with Crippen molar-refractivity contribution in [2.45, 2.75) is 31.5 Å². The molecule has 1 unspecified atom stereocenters. The Morgan fingerprint density at radius 3 is 2.60 bits per heavy atom. The van der Waals surface area contributed by atoms with Gasteiger partial charge in [-0.2, -0.15) is 0 Å². The van der Waals surface area contributed by atoms with Crippen LogP contribution in [0.4, 0.5) is 0 Å². The Morgan fingerprint density at radius 2 is 2.10 bits per heavy atom. The van der Waals surface area contributed by atoms with E-state index in [4.69, 9.17) is 4.74 Å². The fraction of sp³-hybridized carbons (Fsp3) is 0.727. The van der Waals surface area contributed by atoms with Crippen molar-refractivity contribution in [2.24, 2.45) is 13.0 Å². The highest BCUT2D eigenvalue weighted by atomic mass is 32.2. The number of tetrazole rings is 1. The number of carbonyl (C=O) groups excluding carboxylic acids is 2. The number of esters is 2. The number of hydrogen-bond acceptors (Lipinski definition) is 8. The van der Waals surface area contributed by atoms with Crippen LogP contribution in [0.3, 0.4) is 0 Å². The van der Waals surface area contributed by atoms with Crippen molar-refractivity contribution >= 4 is 23.7 Å². The van der Waals surface area contributed by atoms with Gasteiger partial charge in [0.15, 0.2) is 6.10 Å². The maximum atomic E-state index is 11.7. The smallest absolute Gasteiger partial charge is 0.347 e. The van der Waals surface area contributed by atoms with Crippen LogP contribution in [-0.2, 0) is 26.1 Å². The summed E-state index contributed by atoms with van der Waals surface area (Å²) in [4.78, 5) is 23.3. The molecular formula is C11H18N4O4S. The first-order valence-corrected chi connectivity index (χ1v) is 7.05. The van der Waals surface area contributed by atoms with Crippen molar-refractivity contribution < 1.29 is 19.1 Å². The van der Waals surface area contributed by atoms with Gasteiger partial charge in [-0.3, -0.25) is 4.79 Å². The number of aryl methyl sites for hydroxylation is 1. The highest BCUT2D eigenvalue weighted by Gasteiger charge is 2.25. The summed E-state index contributed by atoms with van der Waals surface area (Å²) in [6.45, 7) is 3.87. The van der Waals surface area contributed by atoms with Crippen molar-refractivity contribution in [2.75, 3.05) is 12.9 Å². The van der Waals surface area contributed by atoms with Crippen molar-refractivity contribution in [3.8, 4) is 0 Å². The molecule has 1 heterocycles. The third-order valence-corrected chi connectivity index (χ3v) is 3.31. The summed E-state index contributed by atoms with van der Waals surface area (Å²) in [5.41, 5.74) is 0. The predicted octanol–water partition coefficient (Wildman–Crippen LogP) is 0.433. The van der Waals surface area contributed by atoms with Gasteiger partial charge in [0.1, 0.15) is 0 Å². The summed E-state index contributed by atoms with van der Waals surface area (Å²) in [5, 5.41) is 11.3. The van der Waals surface area contributed by atoms with E-state index in [0.717, 1.165) is 11.8 Å². The Bertz CT molecular complexity index is 463. The van der Waals surface area contributed by atoms with Crippen molar-refractivity contribution in [1.82, 2.24) is 20.2 Å². The van der Waals surface area contributed by atoms with Gasteiger partial charge in [0, 0.05) is 7.05 Å². The average molecular weight is 302 g/mol. The number of aromatic nitrogens is 4. The lowest BCUT2D eigenvalue weighted by atomic mass is 10.1.